The number of ketones is 1. The van der Waals surface area contributed by atoms with Gasteiger partial charge in [-0.2, -0.15) is 0 Å². The Balaban J connectivity index is 1.46. The predicted molar refractivity (Wildman–Crippen MR) is 85.3 cm³/mol. The van der Waals surface area contributed by atoms with Gasteiger partial charge in [-0.1, -0.05) is 18.6 Å². The Bertz CT molecular complexity index is 546. The first-order valence-corrected chi connectivity index (χ1v) is 9.41. The van der Waals surface area contributed by atoms with E-state index >= 15 is 0 Å². The van der Waals surface area contributed by atoms with Crippen LogP contribution in [0.15, 0.2) is 11.6 Å². The Morgan fingerprint density at radius 2 is 1.95 bits per heavy atom. The SMILES string of the molecule is COC1C2CCC3C4CC[C@]5(C)C(=O)CCC5C4=CCC3C21. The first-order valence-electron chi connectivity index (χ1n) is 9.41. The van der Waals surface area contributed by atoms with E-state index in [1.54, 1.807) is 5.57 Å². The quantitative estimate of drug-likeness (QED) is 0.684. The highest BCUT2D eigenvalue weighted by molar-refractivity contribution is 5.87. The number of carbonyl (C=O) groups is 1. The second kappa shape index (κ2) is 4.47. The van der Waals surface area contributed by atoms with Gasteiger partial charge in [-0.3, -0.25) is 4.79 Å². The summed E-state index contributed by atoms with van der Waals surface area (Å²) < 4.78 is 5.73. The van der Waals surface area contributed by atoms with Crippen molar-refractivity contribution in [2.45, 2.75) is 58.0 Å². The van der Waals surface area contributed by atoms with Crippen molar-refractivity contribution in [3.8, 4) is 0 Å². The predicted octanol–water partition coefficient (Wildman–Crippen LogP) is 4.00. The van der Waals surface area contributed by atoms with Crippen LogP contribution in [0.3, 0.4) is 0 Å². The number of methoxy groups -OCH3 is 1. The van der Waals surface area contributed by atoms with E-state index in [0.717, 1.165) is 48.9 Å². The van der Waals surface area contributed by atoms with E-state index in [4.69, 9.17) is 4.74 Å². The summed E-state index contributed by atoms with van der Waals surface area (Å²) in [6.07, 6.45) is 11.6. The van der Waals surface area contributed by atoms with Crippen molar-refractivity contribution in [1.29, 1.82) is 0 Å². The molecule has 8 atom stereocenters. The number of carbonyl (C=O) groups excluding carboxylic acids is 1. The smallest absolute Gasteiger partial charge is 0.139 e. The van der Waals surface area contributed by atoms with Crippen LogP contribution in [0.25, 0.3) is 0 Å². The lowest BCUT2D eigenvalue weighted by molar-refractivity contribution is -0.127. The summed E-state index contributed by atoms with van der Waals surface area (Å²) in [5.41, 5.74) is 1.69. The molecule has 0 amide bonds. The van der Waals surface area contributed by atoms with Crippen LogP contribution in [0.5, 0.6) is 0 Å². The fourth-order valence-electron chi connectivity index (χ4n) is 7.16. The maximum Gasteiger partial charge on any atom is 0.139 e. The maximum atomic E-state index is 12.4. The Kier molecular flexibility index (Phi) is 2.80. The van der Waals surface area contributed by atoms with Crippen LogP contribution in [-0.4, -0.2) is 19.0 Å². The van der Waals surface area contributed by atoms with Gasteiger partial charge >= 0.3 is 0 Å². The highest BCUT2D eigenvalue weighted by atomic mass is 16.5. The molecule has 0 radical (unpaired) electrons. The van der Waals surface area contributed by atoms with Crippen molar-refractivity contribution in [1.82, 2.24) is 0 Å². The topological polar surface area (TPSA) is 26.3 Å². The molecule has 22 heavy (non-hydrogen) atoms. The molecule has 0 bridgehead atoms. The van der Waals surface area contributed by atoms with Gasteiger partial charge in [0.1, 0.15) is 5.78 Å². The molecule has 0 spiro atoms. The van der Waals surface area contributed by atoms with Gasteiger partial charge in [-0.25, -0.2) is 0 Å². The Hall–Kier alpha value is -0.630. The molecule has 7 unspecified atom stereocenters. The normalized spacial score (nSPS) is 55.6. The molecule has 0 saturated heterocycles. The van der Waals surface area contributed by atoms with Crippen LogP contribution in [0.2, 0.25) is 0 Å². The van der Waals surface area contributed by atoms with Crippen LogP contribution >= 0.6 is 0 Å². The lowest BCUT2D eigenvalue weighted by Crippen LogP contribution is -2.43. The molecular formula is C20H28O2. The van der Waals surface area contributed by atoms with E-state index in [2.05, 4.69) is 13.0 Å². The van der Waals surface area contributed by atoms with Gasteiger partial charge in [-0.15, -0.1) is 0 Å². The van der Waals surface area contributed by atoms with Crippen LogP contribution in [0.1, 0.15) is 51.9 Å². The summed E-state index contributed by atoms with van der Waals surface area (Å²) in [5, 5.41) is 0. The van der Waals surface area contributed by atoms with Gasteiger partial charge in [0.2, 0.25) is 0 Å². The van der Waals surface area contributed by atoms with Crippen molar-refractivity contribution < 1.29 is 9.53 Å². The van der Waals surface area contributed by atoms with Gasteiger partial charge in [0.15, 0.2) is 0 Å². The molecule has 5 rings (SSSR count). The fraction of sp³-hybridized carbons (Fsp3) is 0.850. The Morgan fingerprint density at radius 3 is 2.77 bits per heavy atom. The molecule has 0 aromatic rings. The minimum atomic E-state index is -0.0129. The second-order valence-corrected chi connectivity index (χ2v) is 8.86. The summed E-state index contributed by atoms with van der Waals surface area (Å²) in [7, 11) is 1.90. The van der Waals surface area contributed by atoms with Gasteiger partial charge < -0.3 is 4.74 Å². The Morgan fingerprint density at radius 1 is 1.14 bits per heavy atom. The minimum Gasteiger partial charge on any atom is -0.381 e. The summed E-state index contributed by atoms with van der Waals surface area (Å²) in [6.45, 7) is 2.26. The molecule has 0 aromatic carbocycles. The van der Waals surface area contributed by atoms with Gasteiger partial charge in [-0.05, 0) is 74.0 Å². The third kappa shape index (κ3) is 1.58. The number of fused-ring (bicyclic) bond motifs is 7. The lowest BCUT2D eigenvalue weighted by atomic mass is 9.54. The largest absolute Gasteiger partial charge is 0.381 e. The molecule has 0 aliphatic heterocycles. The average Bonchev–Trinajstić information content (AvgIpc) is 3.18. The fourth-order valence-corrected chi connectivity index (χ4v) is 7.16. The molecule has 120 valence electrons. The number of Topliss-reactive ketones (excluding diaryl/α,β-unsaturated/α-hetero) is 1. The number of ether oxygens (including phenoxy) is 1. The van der Waals surface area contributed by atoms with E-state index in [0.29, 0.717) is 17.8 Å². The highest BCUT2D eigenvalue weighted by Crippen LogP contribution is 2.65. The minimum absolute atomic E-state index is 0.0129. The number of hydrogen-bond acceptors (Lipinski definition) is 2. The second-order valence-electron chi connectivity index (χ2n) is 8.86. The first-order chi connectivity index (χ1) is 10.6. The molecule has 4 saturated carbocycles. The number of allylic oxidation sites excluding steroid dienone is 2. The van der Waals surface area contributed by atoms with Crippen molar-refractivity contribution in [3.63, 3.8) is 0 Å². The van der Waals surface area contributed by atoms with E-state index in [-0.39, 0.29) is 5.41 Å². The zero-order valence-electron chi connectivity index (χ0n) is 13.9. The lowest BCUT2D eigenvalue weighted by Gasteiger charge is -2.49. The summed E-state index contributed by atoms with van der Waals surface area (Å²) in [5.74, 6) is 5.39. The zero-order chi connectivity index (χ0) is 15.1. The van der Waals surface area contributed by atoms with Gasteiger partial charge in [0, 0.05) is 18.9 Å². The summed E-state index contributed by atoms with van der Waals surface area (Å²) >= 11 is 0. The van der Waals surface area contributed by atoms with E-state index < -0.39 is 0 Å². The maximum absolute atomic E-state index is 12.4. The van der Waals surface area contributed by atoms with E-state index in [1.165, 1.54) is 25.7 Å². The van der Waals surface area contributed by atoms with E-state index in [9.17, 15) is 4.79 Å². The molecule has 5 aliphatic carbocycles. The number of rotatable bonds is 1. The Labute approximate surface area is 133 Å². The molecular weight excluding hydrogens is 272 g/mol. The molecule has 0 heterocycles. The average molecular weight is 300 g/mol. The summed E-state index contributed by atoms with van der Waals surface area (Å²) in [6, 6.07) is 0. The molecule has 2 nitrogen and oxygen atoms in total. The third-order valence-electron chi connectivity index (χ3n) is 8.32. The zero-order valence-corrected chi connectivity index (χ0v) is 13.9. The molecule has 5 aliphatic rings. The van der Waals surface area contributed by atoms with Crippen molar-refractivity contribution >= 4 is 5.78 Å². The highest BCUT2D eigenvalue weighted by Gasteiger charge is 2.62. The monoisotopic (exact) mass is 300 g/mol. The molecule has 0 N–H and O–H groups in total. The molecule has 4 fully saturated rings. The van der Waals surface area contributed by atoms with Gasteiger partial charge in [0.05, 0.1) is 6.10 Å². The van der Waals surface area contributed by atoms with Crippen molar-refractivity contribution in [2.24, 2.45) is 40.9 Å². The molecule has 2 heteroatoms. The standard InChI is InChI=1S/C20H28O2/c1-20-10-9-12-11-3-6-15-18(19(15)22-2)14(11)5-4-13(12)16(20)7-8-17(20)21/h4,11-12,14-16,18-19H,3,5-10H2,1-2H3/t11?,12?,14?,15?,16?,18?,19?,20-/m0/s1. The van der Waals surface area contributed by atoms with Crippen molar-refractivity contribution in [3.05, 3.63) is 11.6 Å². The van der Waals surface area contributed by atoms with E-state index in [1.807, 2.05) is 7.11 Å². The van der Waals surface area contributed by atoms with Crippen LogP contribution in [0.4, 0.5) is 0 Å². The number of hydrogen-bond donors (Lipinski definition) is 0. The van der Waals surface area contributed by atoms with Crippen LogP contribution < -0.4 is 0 Å². The van der Waals surface area contributed by atoms with Crippen molar-refractivity contribution in [2.75, 3.05) is 7.11 Å². The van der Waals surface area contributed by atoms with Crippen LogP contribution in [-0.2, 0) is 9.53 Å². The first kappa shape index (κ1) is 13.8. The molecule has 0 aromatic heterocycles. The van der Waals surface area contributed by atoms with Crippen LogP contribution in [0, 0.1) is 40.9 Å². The van der Waals surface area contributed by atoms with Gasteiger partial charge in [0.25, 0.3) is 0 Å². The summed E-state index contributed by atoms with van der Waals surface area (Å²) in [4.78, 5) is 12.4. The third-order valence-corrected chi connectivity index (χ3v) is 8.32.